The van der Waals surface area contributed by atoms with Gasteiger partial charge in [-0.25, -0.2) is 4.52 Å². The molecule has 4 heterocycles. The van der Waals surface area contributed by atoms with Gasteiger partial charge in [0.2, 0.25) is 0 Å². The molecule has 5 rings (SSSR count). The Morgan fingerprint density at radius 2 is 2.03 bits per heavy atom. The second-order valence-electron chi connectivity index (χ2n) is 8.20. The molecular weight excluding hydrogens is 444 g/mol. The lowest BCUT2D eigenvalue weighted by molar-refractivity contribution is 0.349. The van der Waals surface area contributed by atoms with Gasteiger partial charge in [-0.1, -0.05) is 11.3 Å². The zero-order valence-corrected chi connectivity index (χ0v) is 19.3. The van der Waals surface area contributed by atoms with E-state index in [0.717, 1.165) is 51.0 Å². The molecule has 1 saturated carbocycles. The minimum absolute atomic E-state index is 0. The first-order valence-electron chi connectivity index (χ1n) is 10.3. The van der Waals surface area contributed by atoms with Gasteiger partial charge in [0.1, 0.15) is 11.1 Å². The van der Waals surface area contributed by atoms with Crippen LogP contribution in [0, 0.1) is 11.3 Å². The van der Waals surface area contributed by atoms with Gasteiger partial charge in [0.15, 0.2) is 5.01 Å². The number of nitriles is 1. The van der Waals surface area contributed by atoms with E-state index in [2.05, 4.69) is 40.5 Å². The minimum Gasteiger partial charge on any atom is -0.382 e. The molecule has 1 aliphatic rings. The first-order chi connectivity index (χ1) is 15.0. The number of hydrogen-bond donors (Lipinski definition) is 2. The third-order valence-electron chi connectivity index (χ3n) is 5.43. The molecule has 0 amide bonds. The molecule has 164 valence electrons. The summed E-state index contributed by atoms with van der Waals surface area (Å²) < 4.78 is 1.80. The number of nitrogens with two attached hydrogens (primary N) is 1. The molecule has 4 aromatic heterocycles. The topological polar surface area (TPSA) is 118 Å². The second-order valence-corrected chi connectivity index (χ2v) is 9.21. The van der Waals surface area contributed by atoms with E-state index in [1.54, 1.807) is 22.0 Å². The van der Waals surface area contributed by atoms with E-state index in [-0.39, 0.29) is 24.5 Å². The second kappa shape index (κ2) is 8.82. The first-order valence-corrected chi connectivity index (χ1v) is 11.1. The smallest absolute Gasteiger partial charge is 0.151 e. The van der Waals surface area contributed by atoms with Crippen LogP contribution in [0.5, 0.6) is 0 Å². The Hall–Kier alpha value is -3.06. The average Bonchev–Trinajstić information content (AvgIpc) is 3.37. The lowest BCUT2D eigenvalue weighted by Gasteiger charge is -2.30. The van der Waals surface area contributed by atoms with Gasteiger partial charge in [-0.15, -0.1) is 22.6 Å². The summed E-state index contributed by atoms with van der Waals surface area (Å²) >= 11 is 1.62. The van der Waals surface area contributed by atoms with Crippen LogP contribution >= 0.6 is 23.7 Å². The van der Waals surface area contributed by atoms with Crippen molar-refractivity contribution in [1.29, 1.82) is 5.26 Å². The van der Waals surface area contributed by atoms with Crippen molar-refractivity contribution in [2.45, 2.75) is 44.7 Å². The van der Waals surface area contributed by atoms with Crippen LogP contribution in [0.3, 0.4) is 0 Å². The molecule has 0 spiro atoms. The van der Waals surface area contributed by atoms with Crippen LogP contribution in [0.25, 0.3) is 27.5 Å². The van der Waals surface area contributed by atoms with Crippen LogP contribution in [-0.2, 0) is 0 Å². The fourth-order valence-corrected chi connectivity index (χ4v) is 4.82. The van der Waals surface area contributed by atoms with Gasteiger partial charge in [-0.05, 0) is 51.0 Å². The number of pyridine rings is 1. The van der Waals surface area contributed by atoms with E-state index in [1.807, 2.05) is 30.5 Å². The van der Waals surface area contributed by atoms with E-state index in [4.69, 9.17) is 16.0 Å². The highest BCUT2D eigenvalue weighted by Crippen LogP contribution is 2.40. The van der Waals surface area contributed by atoms with Crippen LogP contribution in [0.4, 0.5) is 5.69 Å². The van der Waals surface area contributed by atoms with Crippen molar-refractivity contribution < 1.29 is 0 Å². The van der Waals surface area contributed by atoms with Crippen LogP contribution in [0.1, 0.15) is 43.2 Å². The quantitative estimate of drug-likeness (QED) is 0.451. The highest BCUT2D eigenvalue weighted by Gasteiger charge is 2.30. The monoisotopic (exact) mass is 466 g/mol. The van der Waals surface area contributed by atoms with E-state index in [1.165, 1.54) is 0 Å². The van der Waals surface area contributed by atoms with Crippen LogP contribution in [-0.4, -0.2) is 36.9 Å². The van der Waals surface area contributed by atoms with Gasteiger partial charge in [-0.3, -0.25) is 4.98 Å². The van der Waals surface area contributed by atoms with Crippen LogP contribution in [0.2, 0.25) is 0 Å². The molecular formula is C22H23ClN8S. The number of hydrogen-bond acceptors (Lipinski definition) is 8. The summed E-state index contributed by atoms with van der Waals surface area (Å²) in [6.07, 6.45) is 5.36. The molecule has 0 aliphatic heterocycles. The van der Waals surface area contributed by atoms with Crippen molar-refractivity contribution in [2.24, 2.45) is 5.73 Å². The normalized spacial score (nSPS) is 17.6. The minimum atomic E-state index is 0. The van der Waals surface area contributed by atoms with Gasteiger partial charge in [-0.2, -0.15) is 10.4 Å². The molecule has 0 saturated heterocycles. The SMILES string of the molecule is CC(C)Nc1cc(-c2ccc3cc(C#N)cnn23)ncc1-c1nnc([C@H]2C[C@H](N)C2)s1.Cl. The highest BCUT2D eigenvalue weighted by atomic mass is 35.5. The fraction of sp³-hybridized carbons (Fsp3) is 0.318. The summed E-state index contributed by atoms with van der Waals surface area (Å²) in [6, 6.07) is 10.4. The van der Waals surface area contributed by atoms with Crippen molar-refractivity contribution in [3.05, 3.63) is 47.2 Å². The third-order valence-corrected chi connectivity index (χ3v) is 6.55. The molecule has 8 nitrogen and oxygen atoms in total. The van der Waals surface area contributed by atoms with Crippen molar-refractivity contribution in [3.8, 4) is 28.0 Å². The summed E-state index contributed by atoms with van der Waals surface area (Å²) in [5, 5.41) is 27.8. The Balaban J connectivity index is 0.00000245. The van der Waals surface area contributed by atoms with Crippen molar-refractivity contribution in [3.63, 3.8) is 0 Å². The van der Waals surface area contributed by atoms with Gasteiger partial charge in [0, 0.05) is 29.9 Å². The summed E-state index contributed by atoms with van der Waals surface area (Å²) in [5.74, 6) is 0.423. The molecule has 1 fully saturated rings. The number of fused-ring (bicyclic) bond motifs is 1. The summed E-state index contributed by atoms with van der Waals surface area (Å²) in [6.45, 7) is 4.20. The molecule has 0 unspecified atom stereocenters. The van der Waals surface area contributed by atoms with Crippen LogP contribution in [0.15, 0.2) is 36.7 Å². The summed E-state index contributed by atoms with van der Waals surface area (Å²) in [5.41, 5.74) is 10.9. The molecule has 10 heteroatoms. The van der Waals surface area contributed by atoms with E-state index >= 15 is 0 Å². The predicted octanol–water partition coefficient (Wildman–Crippen LogP) is 4.23. The number of nitrogens with zero attached hydrogens (tertiary/aromatic N) is 6. The number of rotatable bonds is 5. The molecule has 0 aromatic carbocycles. The lowest BCUT2D eigenvalue weighted by atomic mass is 9.81. The Kier molecular flexibility index (Phi) is 6.11. The maximum Gasteiger partial charge on any atom is 0.151 e. The van der Waals surface area contributed by atoms with E-state index in [9.17, 15) is 0 Å². The van der Waals surface area contributed by atoms with E-state index in [0.29, 0.717) is 11.5 Å². The van der Waals surface area contributed by atoms with Crippen LogP contribution < -0.4 is 11.1 Å². The first kappa shape index (κ1) is 22.1. The highest BCUT2D eigenvalue weighted by molar-refractivity contribution is 7.14. The van der Waals surface area contributed by atoms with Gasteiger partial charge in [0.25, 0.3) is 0 Å². The molecule has 0 radical (unpaired) electrons. The zero-order chi connectivity index (χ0) is 21.5. The Morgan fingerprint density at radius 1 is 1.22 bits per heavy atom. The van der Waals surface area contributed by atoms with E-state index < -0.39 is 0 Å². The molecule has 0 bridgehead atoms. The number of anilines is 1. The largest absolute Gasteiger partial charge is 0.382 e. The molecule has 3 N–H and O–H groups in total. The number of halogens is 1. The van der Waals surface area contributed by atoms with Gasteiger partial charge in [0.05, 0.1) is 34.2 Å². The molecule has 4 aromatic rings. The molecule has 1 aliphatic carbocycles. The van der Waals surface area contributed by atoms with Crippen molar-refractivity contribution >= 4 is 34.9 Å². The van der Waals surface area contributed by atoms with Gasteiger partial charge < -0.3 is 11.1 Å². The number of aromatic nitrogens is 5. The number of nitrogens with one attached hydrogen (secondary N) is 1. The molecule has 32 heavy (non-hydrogen) atoms. The Bertz CT molecular complexity index is 1300. The van der Waals surface area contributed by atoms with Crippen molar-refractivity contribution in [2.75, 3.05) is 5.32 Å². The summed E-state index contributed by atoms with van der Waals surface area (Å²) in [7, 11) is 0. The Morgan fingerprint density at radius 3 is 2.75 bits per heavy atom. The molecule has 0 atom stereocenters. The lowest BCUT2D eigenvalue weighted by Crippen LogP contribution is -2.34. The zero-order valence-electron chi connectivity index (χ0n) is 17.7. The van der Waals surface area contributed by atoms with Crippen molar-refractivity contribution in [1.82, 2.24) is 24.8 Å². The maximum absolute atomic E-state index is 9.11. The standard InChI is InChI=1S/C22H22N8S.ClH/c1-12(2)27-18-8-19(20-4-3-16-5-13(9-23)10-26-30(16)20)25-11-17(18)22-29-28-21(31-22)14-6-15(24)7-14;/h3-5,8,10-12,14-15H,6-7,24H2,1-2H3,(H,25,27);1H/t14-,15-;. The summed E-state index contributed by atoms with van der Waals surface area (Å²) in [4.78, 5) is 4.71. The maximum atomic E-state index is 9.11. The fourth-order valence-electron chi connectivity index (χ4n) is 3.82. The third kappa shape index (κ3) is 4.05. The Labute approximate surface area is 195 Å². The predicted molar refractivity (Wildman–Crippen MR) is 128 cm³/mol. The average molecular weight is 467 g/mol. The van der Waals surface area contributed by atoms with Gasteiger partial charge >= 0.3 is 0 Å².